The Bertz CT molecular complexity index is 849. The second-order valence-electron chi connectivity index (χ2n) is 6.14. The summed E-state index contributed by atoms with van der Waals surface area (Å²) >= 11 is 1.39. The molecule has 9 heteroatoms. The van der Waals surface area contributed by atoms with Crippen molar-refractivity contribution in [1.29, 1.82) is 0 Å². The van der Waals surface area contributed by atoms with Gasteiger partial charge in [-0.1, -0.05) is 24.3 Å². The zero-order valence-electron chi connectivity index (χ0n) is 14.5. The third-order valence-corrected chi connectivity index (χ3v) is 5.70. The number of aliphatic carboxylic acids is 1. The van der Waals surface area contributed by atoms with E-state index in [9.17, 15) is 24.6 Å². The molecule has 3 atom stereocenters. The van der Waals surface area contributed by atoms with Gasteiger partial charge in [-0.2, -0.15) is 0 Å². The number of hydrogen-bond donors (Lipinski definition) is 4. The molecule has 27 heavy (non-hydrogen) atoms. The first-order valence-corrected chi connectivity index (χ1v) is 9.28. The van der Waals surface area contributed by atoms with Gasteiger partial charge >= 0.3 is 5.97 Å². The number of nitrogens with one attached hydrogen (secondary N) is 1. The van der Waals surface area contributed by atoms with Crippen molar-refractivity contribution in [3.05, 3.63) is 53.3 Å². The summed E-state index contributed by atoms with van der Waals surface area (Å²) in [6.45, 7) is 1.77. The predicted molar refractivity (Wildman–Crippen MR) is 99.5 cm³/mol. The highest BCUT2D eigenvalue weighted by atomic mass is 32.2. The molecule has 5 N–H and O–H groups in total. The summed E-state index contributed by atoms with van der Waals surface area (Å²) in [6.07, 6.45) is 3.39. The van der Waals surface area contributed by atoms with E-state index < -0.39 is 35.2 Å². The Morgan fingerprint density at radius 3 is 2.63 bits per heavy atom. The van der Waals surface area contributed by atoms with Crippen LogP contribution in [0, 0.1) is 0 Å². The third kappa shape index (κ3) is 3.43. The van der Waals surface area contributed by atoms with Gasteiger partial charge in [0.05, 0.1) is 0 Å². The van der Waals surface area contributed by atoms with Gasteiger partial charge in [0.2, 0.25) is 5.91 Å². The number of carboxylic acid groups (broad SMARTS) is 1. The average Bonchev–Trinajstić information content (AvgIpc) is 2.65. The lowest BCUT2D eigenvalue weighted by Crippen LogP contribution is -2.71. The van der Waals surface area contributed by atoms with Gasteiger partial charge in [-0.3, -0.25) is 14.5 Å². The Morgan fingerprint density at radius 1 is 1.37 bits per heavy atom. The number of fused-ring (bicyclic) bond motifs is 1. The highest BCUT2D eigenvalue weighted by molar-refractivity contribution is 8.00. The van der Waals surface area contributed by atoms with Crippen LogP contribution in [0.2, 0.25) is 0 Å². The molecule has 0 saturated carbocycles. The Morgan fingerprint density at radius 2 is 2.04 bits per heavy atom. The van der Waals surface area contributed by atoms with E-state index in [1.54, 1.807) is 19.1 Å². The number of phenolic OH excluding ortho intramolecular Hbond substituents is 1. The summed E-state index contributed by atoms with van der Waals surface area (Å²) in [6, 6.07) is 4.06. The van der Waals surface area contributed by atoms with E-state index in [0.717, 1.165) is 0 Å². The molecule has 2 heterocycles. The van der Waals surface area contributed by atoms with Crippen LogP contribution in [0.1, 0.15) is 18.5 Å². The lowest BCUT2D eigenvalue weighted by molar-refractivity contribution is -0.150. The van der Waals surface area contributed by atoms with E-state index in [1.165, 1.54) is 40.9 Å². The fourth-order valence-corrected chi connectivity index (χ4v) is 4.37. The van der Waals surface area contributed by atoms with Crippen molar-refractivity contribution < 1.29 is 24.6 Å². The Labute approximate surface area is 159 Å². The number of phenols is 1. The van der Waals surface area contributed by atoms with Gasteiger partial charge in [-0.05, 0) is 30.2 Å². The van der Waals surface area contributed by atoms with Crippen LogP contribution in [-0.2, 0) is 14.4 Å². The molecular formula is C18H19N3O5S. The van der Waals surface area contributed by atoms with E-state index in [0.29, 0.717) is 16.9 Å². The Balaban J connectivity index is 1.74. The number of benzene rings is 1. The van der Waals surface area contributed by atoms with Gasteiger partial charge in [0.25, 0.3) is 5.91 Å². The van der Waals surface area contributed by atoms with Gasteiger partial charge in [0.1, 0.15) is 28.9 Å². The highest BCUT2D eigenvalue weighted by Gasteiger charge is 2.54. The molecule has 142 valence electrons. The van der Waals surface area contributed by atoms with Crippen molar-refractivity contribution in [3.63, 3.8) is 0 Å². The lowest BCUT2D eigenvalue weighted by Gasteiger charge is -2.49. The number of rotatable bonds is 5. The van der Waals surface area contributed by atoms with E-state index in [-0.39, 0.29) is 11.4 Å². The zero-order chi connectivity index (χ0) is 19.7. The van der Waals surface area contributed by atoms with E-state index in [4.69, 9.17) is 5.73 Å². The van der Waals surface area contributed by atoms with Crippen LogP contribution in [0.15, 0.2) is 47.7 Å². The van der Waals surface area contributed by atoms with Crippen LogP contribution < -0.4 is 11.1 Å². The molecule has 2 amide bonds. The van der Waals surface area contributed by atoms with Gasteiger partial charge in [-0.15, -0.1) is 11.8 Å². The molecular weight excluding hydrogens is 370 g/mol. The number of carbonyl (C=O) groups excluding carboxylic acids is 2. The Kier molecular flexibility index (Phi) is 5.24. The second-order valence-corrected chi connectivity index (χ2v) is 7.25. The van der Waals surface area contributed by atoms with Crippen molar-refractivity contribution in [1.82, 2.24) is 10.2 Å². The molecule has 0 aromatic heterocycles. The quantitative estimate of drug-likeness (QED) is 0.545. The highest BCUT2D eigenvalue weighted by Crippen LogP contribution is 2.40. The molecule has 2 aliphatic heterocycles. The van der Waals surface area contributed by atoms with E-state index >= 15 is 0 Å². The molecule has 1 unspecified atom stereocenters. The summed E-state index contributed by atoms with van der Waals surface area (Å²) in [5, 5.41) is 20.9. The fraction of sp³-hybridized carbons (Fsp3) is 0.278. The van der Waals surface area contributed by atoms with Crippen molar-refractivity contribution in [2.24, 2.45) is 5.73 Å². The van der Waals surface area contributed by atoms with Gasteiger partial charge in [0, 0.05) is 5.75 Å². The maximum Gasteiger partial charge on any atom is 0.352 e. The minimum absolute atomic E-state index is 0.0461. The van der Waals surface area contributed by atoms with Crippen molar-refractivity contribution >= 4 is 29.5 Å². The third-order valence-electron chi connectivity index (χ3n) is 4.40. The fourth-order valence-electron chi connectivity index (χ4n) is 3.05. The number of allylic oxidation sites excluding steroid dienone is 2. The van der Waals surface area contributed by atoms with Crippen molar-refractivity contribution in [2.75, 3.05) is 5.75 Å². The lowest BCUT2D eigenvalue weighted by atomic mass is 10.0. The number of β-lactam (4-membered cyclic amide) rings is 1. The van der Waals surface area contributed by atoms with Crippen LogP contribution in [0.4, 0.5) is 0 Å². The number of hydrogen-bond acceptors (Lipinski definition) is 6. The van der Waals surface area contributed by atoms with Crippen LogP contribution in [-0.4, -0.2) is 50.1 Å². The molecule has 0 aliphatic carbocycles. The van der Waals surface area contributed by atoms with E-state index in [2.05, 4.69) is 5.32 Å². The second kappa shape index (κ2) is 7.45. The number of nitrogens with zero attached hydrogens (tertiary/aromatic N) is 1. The maximum atomic E-state index is 12.5. The van der Waals surface area contributed by atoms with Gasteiger partial charge in [-0.25, -0.2) is 4.79 Å². The topological polar surface area (TPSA) is 133 Å². The SMILES string of the molecule is C/C=C/C1=C(C(=O)O)N2C(=O)[C@@H](NC(=O)C(N)c3ccc(O)cc3)[C@@H]2SC1. The smallest absolute Gasteiger partial charge is 0.352 e. The number of amides is 2. The number of aromatic hydroxyl groups is 1. The predicted octanol–water partition coefficient (Wildman–Crippen LogP) is 0.707. The summed E-state index contributed by atoms with van der Waals surface area (Å²) in [5.74, 6) is -1.71. The molecule has 1 aromatic carbocycles. The number of thioether (sulfide) groups is 1. The van der Waals surface area contributed by atoms with Gasteiger partial charge < -0.3 is 21.3 Å². The molecule has 1 fully saturated rings. The minimum atomic E-state index is -1.17. The summed E-state index contributed by atoms with van der Waals surface area (Å²) in [4.78, 5) is 37.7. The number of nitrogens with two attached hydrogens (primary N) is 1. The first kappa shape index (κ1) is 19.0. The number of carbonyl (C=O) groups is 3. The number of carboxylic acids is 1. The molecule has 3 rings (SSSR count). The molecule has 1 saturated heterocycles. The largest absolute Gasteiger partial charge is 0.508 e. The van der Waals surface area contributed by atoms with E-state index in [1.807, 2.05) is 0 Å². The van der Waals surface area contributed by atoms with Crippen molar-refractivity contribution in [2.45, 2.75) is 24.4 Å². The summed E-state index contributed by atoms with van der Waals surface area (Å²) in [5.41, 5.74) is 6.93. The first-order chi connectivity index (χ1) is 12.8. The van der Waals surface area contributed by atoms with Crippen LogP contribution >= 0.6 is 11.8 Å². The molecule has 0 bridgehead atoms. The summed E-state index contributed by atoms with van der Waals surface area (Å²) in [7, 11) is 0. The molecule has 2 aliphatic rings. The normalized spacial score (nSPS) is 23.0. The van der Waals surface area contributed by atoms with Crippen LogP contribution in [0.5, 0.6) is 5.75 Å². The molecule has 1 aromatic rings. The average molecular weight is 389 g/mol. The maximum absolute atomic E-state index is 12.5. The standard InChI is InChI=1S/C18H19N3O5S/c1-2-3-10-8-27-17-13(16(24)21(17)14(10)18(25)26)20-15(23)12(19)9-4-6-11(22)7-5-9/h2-7,12-13,17,22H,8,19H2,1H3,(H,20,23)(H,25,26)/b3-2+/t12?,13-,17+/m1/s1. The van der Waals surface area contributed by atoms with Gasteiger partial charge in [0.15, 0.2) is 0 Å². The monoisotopic (exact) mass is 389 g/mol. The van der Waals surface area contributed by atoms with Crippen LogP contribution in [0.25, 0.3) is 0 Å². The molecule has 8 nitrogen and oxygen atoms in total. The van der Waals surface area contributed by atoms with Crippen LogP contribution in [0.3, 0.4) is 0 Å². The Hall–Kier alpha value is -2.78. The first-order valence-electron chi connectivity index (χ1n) is 8.24. The zero-order valence-corrected chi connectivity index (χ0v) is 15.3. The molecule has 0 spiro atoms. The minimum Gasteiger partial charge on any atom is -0.508 e. The van der Waals surface area contributed by atoms with Crippen molar-refractivity contribution in [3.8, 4) is 5.75 Å². The molecule has 0 radical (unpaired) electrons. The summed E-state index contributed by atoms with van der Waals surface area (Å²) < 4.78 is 0.